The topological polar surface area (TPSA) is 96.4 Å². The first-order valence-electron chi connectivity index (χ1n) is 11.9. The number of hydrogen-bond donors (Lipinski definition) is 1. The Labute approximate surface area is 240 Å². The van der Waals surface area contributed by atoms with Crippen molar-refractivity contribution in [3.8, 4) is 11.3 Å². The summed E-state index contributed by atoms with van der Waals surface area (Å²) in [4.78, 5) is 32.7. The Morgan fingerprint density at radius 3 is 2.41 bits per heavy atom. The van der Waals surface area contributed by atoms with Crippen molar-refractivity contribution in [3.63, 3.8) is 0 Å². The highest BCUT2D eigenvalue weighted by atomic mass is 35.5. The van der Waals surface area contributed by atoms with E-state index in [-0.39, 0.29) is 17.1 Å². The maximum absolute atomic E-state index is 13.5. The van der Waals surface area contributed by atoms with Crippen LogP contribution in [0.4, 0.5) is 0 Å². The van der Waals surface area contributed by atoms with Crippen LogP contribution in [0.5, 0.6) is 0 Å². The molecule has 1 saturated heterocycles. The normalized spacial score (nSPS) is 19.7. The van der Waals surface area contributed by atoms with Gasteiger partial charge in [-0.25, -0.2) is 17.7 Å². The molecule has 1 fully saturated rings. The van der Waals surface area contributed by atoms with Crippen LogP contribution in [0.15, 0.2) is 93.3 Å². The Morgan fingerprint density at radius 1 is 1.03 bits per heavy atom. The number of sulfonamides is 1. The van der Waals surface area contributed by atoms with E-state index < -0.39 is 26.7 Å². The lowest BCUT2D eigenvalue weighted by Gasteiger charge is -2.39. The number of carbonyl (C=O) groups is 2. The van der Waals surface area contributed by atoms with Gasteiger partial charge in [0.05, 0.1) is 21.3 Å². The number of rotatable bonds is 7. The molecule has 2 aromatic heterocycles. The number of halogens is 1. The lowest BCUT2D eigenvalue weighted by atomic mass is 9.79. The zero-order valence-electron chi connectivity index (χ0n) is 21.0. The van der Waals surface area contributed by atoms with Gasteiger partial charge < -0.3 is 5.32 Å². The third kappa shape index (κ3) is 5.27. The molecule has 0 aliphatic carbocycles. The second-order valence-corrected chi connectivity index (χ2v) is 13.7. The summed E-state index contributed by atoms with van der Waals surface area (Å²) >= 11 is 8.90. The molecule has 0 spiro atoms. The number of pyridine rings is 1. The smallest absolute Gasteiger partial charge is 0.242 e. The highest BCUT2D eigenvalue weighted by Crippen LogP contribution is 2.41. The van der Waals surface area contributed by atoms with Gasteiger partial charge in [0.1, 0.15) is 10.8 Å². The van der Waals surface area contributed by atoms with Crippen molar-refractivity contribution in [2.24, 2.45) is 0 Å². The Hall–Kier alpha value is -3.02. The molecule has 2 atom stereocenters. The van der Waals surface area contributed by atoms with Gasteiger partial charge in [-0.15, -0.1) is 11.8 Å². The van der Waals surface area contributed by atoms with Crippen LogP contribution in [0.3, 0.4) is 0 Å². The van der Waals surface area contributed by atoms with Crippen molar-refractivity contribution in [2.75, 3.05) is 14.1 Å². The van der Waals surface area contributed by atoms with Crippen LogP contribution in [0, 0.1) is 0 Å². The second kappa shape index (κ2) is 10.9. The molecule has 2 aromatic carbocycles. The summed E-state index contributed by atoms with van der Waals surface area (Å²) in [5.41, 5.74) is 1.44. The molecule has 39 heavy (non-hydrogen) atoms. The van der Waals surface area contributed by atoms with Crippen molar-refractivity contribution in [2.45, 2.75) is 27.0 Å². The average molecular weight is 598 g/mol. The fourth-order valence-corrected chi connectivity index (χ4v) is 7.31. The molecule has 200 valence electrons. The van der Waals surface area contributed by atoms with Crippen LogP contribution in [0.2, 0.25) is 5.02 Å². The highest BCUT2D eigenvalue weighted by molar-refractivity contribution is 8.01. The van der Waals surface area contributed by atoms with Gasteiger partial charge in [0, 0.05) is 31.0 Å². The molecule has 1 N–H and O–H groups in total. The maximum atomic E-state index is 13.5. The summed E-state index contributed by atoms with van der Waals surface area (Å²) in [6, 6.07) is 20.9. The first-order chi connectivity index (χ1) is 18.6. The number of aromatic nitrogens is 1. The first-order valence-corrected chi connectivity index (χ1v) is 15.5. The maximum Gasteiger partial charge on any atom is 0.242 e. The summed E-state index contributed by atoms with van der Waals surface area (Å²) in [5, 5.41) is 6.47. The third-order valence-corrected chi connectivity index (χ3v) is 10.8. The molecular weight excluding hydrogens is 574 g/mol. The minimum Gasteiger partial charge on any atom is -0.339 e. The quantitative estimate of drug-likeness (QED) is 0.294. The lowest BCUT2D eigenvalue weighted by Crippen LogP contribution is -2.58. The van der Waals surface area contributed by atoms with E-state index in [1.54, 1.807) is 36.4 Å². The van der Waals surface area contributed by atoms with Gasteiger partial charge in [0.2, 0.25) is 15.9 Å². The van der Waals surface area contributed by atoms with Crippen molar-refractivity contribution < 1.29 is 18.0 Å². The number of amides is 1. The fraction of sp³-hybridized carbons (Fsp3) is 0.179. The van der Waals surface area contributed by atoms with Gasteiger partial charge in [-0.3, -0.25) is 9.59 Å². The number of thiophene rings is 1. The van der Waals surface area contributed by atoms with Gasteiger partial charge in [0.25, 0.3) is 0 Å². The van der Waals surface area contributed by atoms with Crippen molar-refractivity contribution in [1.82, 2.24) is 14.6 Å². The predicted molar refractivity (Wildman–Crippen MR) is 155 cm³/mol. The van der Waals surface area contributed by atoms with Gasteiger partial charge in [-0.2, -0.15) is 11.3 Å². The molecule has 5 rings (SSSR count). The molecule has 1 amide bonds. The van der Waals surface area contributed by atoms with Gasteiger partial charge in [-0.05, 0) is 58.8 Å². The Morgan fingerprint density at radius 2 is 1.77 bits per heavy atom. The number of ketones is 1. The largest absolute Gasteiger partial charge is 0.339 e. The van der Waals surface area contributed by atoms with Crippen molar-refractivity contribution in [3.05, 3.63) is 99.8 Å². The standard InChI is InChI=1S/C28H24ClN3O4S3/c1-32(2)39(35,36)20-12-10-18(11-13-20)22-7-5-9-25(30-22)28(19-14-15-37-17-19)16-23(33)26(27(34)31-28)38-24-8-4-3-6-21(24)29/h3-15,17,26H,16H2,1-2H3,(H,31,34). The molecule has 0 saturated carbocycles. The molecule has 7 nitrogen and oxygen atoms in total. The first kappa shape index (κ1) is 27.5. The molecule has 11 heteroatoms. The predicted octanol–water partition coefficient (Wildman–Crippen LogP) is 5.21. The second-order valence-electron chi connectivity index (χ2n) is 9.20. The minimum atomic E-state index is -3.56. The van der Waals surface area contributed by atoms with Crippen molar-refractivity contribution in [1.29, 1.82) is 0 Å². The van der Waals surface area contributed by atoms with Crippen molar-refractivity contribution >= 4 is 56.4 Å². The summed E-state index contributed by atoms with van der Waals surface area (Å²) in [5.74, 6) is -0.631. The van der Waals surface area contributed by atoms with Crippen LogP contribution < -0.4 is 5.32 Å². The number of benzene rings is 2. The number of nitrogens with zero attached hydrogens (tertiary/aromatic N) is 2. The zero-order chi connectivity index (χ0) is 27.8. The summed E-state index contributed by atoms with van der Waals surface area (Å²) in [6.45, 7) is 0. The molecule has 0 bridgehead atoms. The molecule has 4 aromatic rings. The van der Waals surface area contributed by atoms with Crippen LogP contribution in [-0.2, 0) is 25.2 Å². The van der Waals surface area contributed by atoms with E-state index in [1.165, 1.54) is 37.6 Å². The number of Topliss-reactive ketones (excluding diaryl/α,β-unsaturated/α-hetero) is 1. The average Bonchev–Trinajstić information content (AvgIpc) is 3.47. The fourth-order valence-electron chi connectivity index (χ4n) is 4.43. The van der Waals surface area contributed by atoms with E-state index in [0.29, 0.717) is 26.9 Å². The third-order valence-electron chi connectivity index (χ3n) is 6.52. The summed E-state index contributed by atoms with van der Waals surface area (Å²) in [6.07, 6.45) is 0.0219. The summed E-state index contributed by atoms with van der Waals surface area (Å²) < 4.78 is 26.1. The minimum absolute atomic E-state index is 0.0219. The van der Waals surface area contributed by atoms with Gasteiger partial charge in [-0.1, -0.05) is 41.9 Å². The molecule has 1 aliphatic heterocycles. The van der Waals surface area contributed by atoms with E-state index in [0.717, 1.165) is 21.6 Å². The number of piperidine rings is 1. The van der Waals surface area contributed by atoms with E-state index in [9.17, 15) is 18.0 Å². The summed E-state index contributed by atoms with van der Waals surface area (Å²) in [7, 11) is -0.602. The molecule has 2 unspecified atom stereocenters. The van der Waals surface area contributed by atoms with Crippen LogP contribution in [0.1, 0.15) is 17.7 Å². The molecule has 0 radical (unpaired) electrons. The number of carbonyl (C=O) groups excluding carboxylic acids is 2. The van der Waals surface area contributed by atoms with Crippen LogP contribution >= 0.6 is 34.7 Å². The number of thioether (sulfide) groups is 1. The lowest BCUT2D eigenvalue weighted by molar-refractivity contribution is -0.133. The highest BCUT2D eigenvalue weighted by Gasteiger charge is 2.48. The Balaban J connectivity index is 1.50. The monoisotopic (exact) mass is 597 g/mol. The van der Waals surface area contributed by atoms with E-state index in [4.69, 9.17) is 16.6 Å². The number of nitrogens with one attached hydrogen (secondary N) is 1. The number of hydrogen-bond acceptors (Lipinski definition) is 7. The van der Waals surface area contributed by atoms with Crippen LogP contribution in [-0.4, -0.2) is 48.7 Å². The Kier molecular flexibility index (Phi) is 7.67. The molecule has 3 heterocycles. The van der Waals surface area contributed by atoms with E-state index in [1.807, 2.05) is 35.0 Å². The van der Waals surface area contributed by atoms with E-state index >= 15 is 0 Å². The van der Waals surface area contributed by atoms with Gasteiger partial charge >= 0.3 is 0 Å². The SMILES string of the molecule is CN(C)S(=O)(=O)c1ccc(-c2cccc(C3(c4ccsc4)CC(=O)C(Sc4ccccc4Cl)C(=O)N3)n2)cc1. The van der Waals surface area contributed by atoms with Gasteiger partial charge in [0.15, 0.2) is 5.78 Å². The molecule has 1 aliphatic rings. The van der Waals surface area contributed by atoms with E-state index in [2.05, 4.69) is 5.32 Å². The molecular formula is C28H24ClN3O4S3. The zero-order valence-corrected chi connectivity index (χ0v) is 24.2. The van der Waals surface area contributed by atoms with Crippen LogP contribution in [0.25, 0.3) is 11.3 Å². The Bertz CT molecular complexity index is 1620.